The van der Waals surface area contributed by atoms with Crippen LogP contribution in [-0.4, -0.2) is 24.3 Å². The lowest BCUT2D eigenvalue weighted by atomic mass is 9.95. The molecule has 0 aromatic carbocycles. The molecule has 2 aliphatic heterocycles. The normalized spacial score (nSPS) is 42.5. The van der Waals surface area contributed by atoms with Gasteiger partial charge in [-0.1, -0.05) is 12.2 Å². The van der Waals surface area contributed by atoms with Gasteiger partial charge in [-0.05, 0) is 20.3 Å². The van der Waals surface area contributed by atoms with Crippen molar-refractivity contribution in [3.8, 4) is 0 Å². The van der Waals surface area contributed by atoms with Crippen molar-refractivity contribution in [3.05, 3.63) is 25.3 Å². The van der Waals surface area contributed by atoms with Crippen molar-refractivity contribution in [2.45, 2.75) is 44.6 Å². The van der Waals surface area contributed by atoms with E-state index in [2.05, 4.69) is 13.2 Å². The van der Waals surface area contributed by atoms with Gasteiger partial charge in [0.05, 0.1) is 6.10 Å². The zero-order chi connectivity index (χ0) is 11.1. The van der Waals surface area contributed by atoms with Gasteiger partial charge in [0, 0.05) is 5.92 Å². The summed E-state index contributed by atoms with van der Waals surface area (Å²) in [4.78, 5) is 0. The minimum absolute atomic E-state index is 0.000926. The molecule has 0 aromatic heterocycles. The van der Waals surface area contributed by atoms with Crippen molar-refractivity contribution >= 4 is 0 Å². The highest BCUT2D eigenvalue weighted by atomic mass is 16.8. The van der Waals surface area contributed by atoms with Gasteiger partial charge in [-0.15, -0.1) is 13.2 Å². The van der Waals surface area contributed by atoms with E-state index in [1.807, 2.05) is 26.0 Å². The summed E-state index contributed by atoms with van der Waals surface area (Å²) in [6.45, 7) is 11.3. The van der Waals surface area contributed by atoms with Crippen LogP contribution in [0.25, 0.3) is 0 Å². The fourth-order valence-corrected chi connectivity index (χ4v) is 2.29. The molecule has 2 heterocycles. The summed E-state index contributed by atoms with van der Waals surface area (Å²) in [5, 5.41) is 0. The standard InChI is InChI=1S/C12H18O3/c1-5-7-8-9(6-2)13-11-10(8)14-12(3,4)15-11/h5-6,8-11H,1-2,7H2,3-4H3/t8-,9+,10+,11+/m0/s1. The van der Waals surface area contributed by atoms with Gasteiger partial charge in [0.25, 0.3) is 0 Å². The molecule has 2 aliphatic rings. The van der Waals surface area contributed by atoms with E-state index >= 15 is 0 Å². The first-order valence-electron chi connectivity index (χ1n) is 5.32. The maximum absolute atomic E-state index is 5.83. The topological polar surface area (TPSA) is 27.7 Å². The first-order valence-corrected chi connectivity index (χ1v) is 5.32. The van der Waals surface area contributed by atoms with Crippen LogP contribution in [0.1, 0.15) is 20.3 Å². The summed E-state index contributed by atoms with van der Waals surface area (Å²) in [6.07, 6.45) is 4.31. The summed E-state index contributed by atoms with van der Waals surface area (Å²) < 4.78 is 17.2. The zero-order valence-electron chi connectivity index (χ0n) is 9.31. The first kappa shape index (κ1) is 10.9. The van der Waals surface area contributed by atoms with Gasteiger partial charge in [0.15, 0.2) is 12.1 Å². The molecular weight excluding hydrogens is 192 g/mol. The van der Waals surface area contributed by atoms with Gasteiger partial charge in [-0.2, -0.15) is 0 Å². The Hall–Kier alpha value is -0.640. The molecule has 4 atom stereocenters. The van der Waals surface area contributed by atoms with Crippen molar-refractivity contribution in [1.82, 2.24) is 0 Å². The highest BCUT2D eigenvalue weighted by molar-refractivity contribution is 5.01. The van der Waals surface area contributed by atoms with E-state index < -0.39 is 5.79 Å². The molecule has 0 unspecified atom stereocenters. The molecule has 0 bridgehead atoms. The Labute approximate surface area is 90.7 Å². The molecule has 0 radical (unpaired) electrons. The molecule has 2 fully saturated rings. The van der Waals surface area contributed by atoms with E-state index in [0.29, 0.717) is 0 Å². The molecule has 84 valence electrons. The van der Waals surface area contributed by atoms with Crippen molar-refractivity contribution < 1.29 is 14.2 Å². The minimum atomic E-state index is -0.541. The molecule has 2 saturated heterocycles. The number of fused-ring (bicyclic) bond motifs is 1. The molecule has 0 aliphatic carbocycles. The smallest absolute Gasteiger partial charge is 0.188 e. The second-order valence-electron chi connectivity index (χ2n) is 4.49. The average molecular weight is 210 g/mol. The lowest BCUT2D eigenvalue weighted by Gasteiger charge is -2.23. The molecule has 3 nitrogen and oxygen atoms in total. The van der Waals surface area contributed by atoms with Crippen LogP contribution in [0.2, 0.25) is 0 Å². The number of hydrogen-bond donors (Lipinski definition) is 0. The Balaban J connectivity index is 2.13. The van der Waals surface area contributed by atoms with Crippen molar-refractivity contribution in [1.29, 1.82) is 0 Å². The van der Waals surface area contributed by atoms with Crippen LogP contribution >= 0.6 is 0 Å². The molecule has 15 heavy (non-hydrogen) atoms. The Morgan fingerprint density at radius 2 is 2.00 bits per heavy atom. The van der Waals surface area contributed by atoms with E-state index in [1.54, 1.807) is 0 Å². The third-order valence-electron chi connectivity index (χ3n) is 2.89. The lowest BCUT2D eigenvalue weighted by Crippen LogP contribution is -2.29. The number of hydrogen-bond acceptors (Lipinski definition) is 3. The Morgan fingerprint density at radius 3 is 2.60 bits per heavy atom. The van der Waals surface area contributed by atoms with Crippen molar-refractivity contribution in [3.63, 3.8) is 0 Å². The van der Waals surface area contributed by atoms with E-state index in [0.717, 1.165) is 6.42 Å². The van der Waals surface area contributed by atoms with Crippen LogP contribution in [-0.2, 0) is 14.2 Å². The minimum Gasteiger partial charge on any atom is -0.342 e. The van der Waals surface area contributed by atoms with Gasteiger partial charge in [-0.25, -0.2) is 0 Å². The van der Waals surface area contributed by atoms with Gasteiger partial charge < -0.3 is 14.2 Å². The van der Waals surface area contributed by atoms with Gasteiger partial charge in [0.2, 0.25) is 0 Å². The molecule has 0 amide bonds. The molecule has 2 rings (SSSR count). The second kappa shape index (κ2) is 3.74. The second-order valence-corrected chi connectivity index (χ2v) is 4.49. The monoisotopic (exact) mass is 210 g/mol. The number of allylic oxidation sites excluding steroid dienone is 1. The number of ether oxygens (including phenoxy) is 3. The molecular formula is C12H18O3. The fraction of sp³-hybridized carbons (Fsp3) is 0.667. The van der Waals surface area contributed by atoms with Crippen LogP contribution in [0.4, 0.5) is 0 Å². The lowest BCUT2D eigenvalue weighted by molar-refractivity contribution is -0.204. The summed E-state index contributed by atoms with van der Waals surface area (Å²) in [5.41, 5.74) is 0. The zero-order valence-corrected chi connectivity index (χ0v) is 9.31. The maximum Gasteiger partial charge on any atom is 0.188 e. The predicted molar refractivity (Wildman–Crippen MR) is 57.2 cm³/mol. The van der Waals surface area contributed by atoms with E-state index in [-0.39, 0.29) is 24.4 Å². The first-order chi connectivity index (χ1) is 7.07. The maximum atomic E-state index is 5.83. The van der Waals surface area contributed by atoms with Crippen molar-refractivity contribution in [2.24, 2.45) is 5.92 Å². The van der Waals surface area contributed by atoms with Crippen LogP contribution in [0.3, 0.4) is 0 Å². The Morgan fingerprint density at radius 1 is 1.27 bits per heavy atom. The van der Waals surface area contributed by atoms with Crippen LogP contribution in [0.15, 0.2) is 25.3 Å². The Bertz CT molecular complexity index is 272. The largest absolute Gasteiger partial charge is 0.342 e. The van der Waals surface area contributed by atoms with E-state index in [4.69, 9.17) is 14.2 Å². The fourth-order valence-electron chi connectivity index (χ4n) is 2.29. The molecule has 0 aromatic rings. The Kier molecular flexibility index (Phi) is 2.71. The van der Waals surface area contributed by atoms with E-state index in [1.165, 1.54) is 0 Å². The summed E-state index contributed by atoms with van der Waals surface area (Å²) in [6, 6.07) is 0. The van der Waals surface area contributed by atoms with Crippen LogP contribution < -0.4 is 0 Å². The third-order valence-corrected chi connectivity index (χ3v) is 2.89. The SMILES string of the molecule is C=CC[C@@H]1[C@H]2OC(C)(C)O[C@H]2O[C@@H]1C=C. The highest BCUT2D eigenvalue weighted by Crippen LogP contribution is 2.42. The molecule has 0 N–H and O–H groups in total. The summed E-state index contributed by atoms with van der Waals surface area (Å²) in [7, 11) is 0. The third kappa shape index (κ3) is 1.87. The van der Waals surface area contributed by atoms with E-state index in [9.17, 15) is 0 Å². The quantitative estimate of drug-likeness (QED) is 0.669. The van der Waals surface area contributed by atoms with Gasteiger partial charge >= 0.3 is 0 Å². The van der Waals surface area contributed by atoms with Gasteiger partial charge in [0.1, 0.15) is 6.10 Å². The molecule has 0 spiro atoms. The summed E-state index contributed by atoms with van der Waals surface area (Å²) >= 11 is 0. The van der Waals surface area contributed by atoms with Crippen LogP contribution in [0.5, 0.6) is 0 Å². The van der Waals surface area contributed by atoms with Crippen LogP contribution in [0, 0.1) is 5.92 Å². The summed E-state index contributed by atoms with van der Waals surface area (Å²) in [5.74, 6) is -0.271. The average Bonchev–Trinajstić information content (AvgIpc) is 2.60. The van der Waals surface area contributed by atoms with Gasteiger partial charge in [-0.3, -0.25) is 0 Å². The highest BCUT2D eigenvalue weighted by Gasteiger charge is 2.53. The predicted octanol–water partition coefficient (Wildman–Crippen LogP) is 2.24. The molecule has 0 saturated carbocycles. The number of rotatable bonds is 3. The van der Waals surface area contributed by atoms with Crippen molar-refractivity contribution in [2.75, 3.05) is 0 Å². The molecule has 3 heteroatoms.